The zero-order valence-electron chi connectivity index (χ0n) is 16.7. The number of piperidine rings is 1. The van der Waals surface area contributed by atoms with Crippen LogP contribution in [0.4, 0.5) is 11.4 Å². The van der Waals surface area contributed by atoms with Crippen LogP contribution in [0.1, 0.15) is 31.2 Å². The van der Waals surface area contributed by atoms with E-state index in [0.717, 1.165) is 16.2 Å². The topological polar surface area (TPSA) is 84.0 Å². The average Bonchev–Trinajstić information content (AvgIpc) is 3.10. The molecular formula is C23H22N2O5. The Morgan fingerprint density at radius 1 is 0.967 bits per heavy atom. The molecule has 7 heteroatoms. The Balaban J connectivity index is 1.47. The van der Waals surface area contributed by atoms with Crippen molar-refractivity contribution in [3.05, 3.63) is 54.1 Å². The van der Waals surface area contributed by atoms with Gasteiger partial charge in [0.25, 0.3) is 0 Å². The average molecular weight is 406 g/mol. The van der Waals surface area contributed by atoms with Crippen LogP contribution in [0.15, 0.2) is 48.5 Å². The number of para-hydroxylation sites is 1. The lowest BCUT2D eigenvalue weighted by atomic mass is 10.1. The minimum absolute atomic E-state index is 0.0793. The standard InChI is InChI=1S/C23H22N2O5/c1-15-6-2-3-9-19(15)24-14-16(12-22(24)28)23(29)30-18-8-4-7-17(13-18)25-20(26)10-5-11-21(25)27/h2-4,6-9,13,16H,5,10-12,14H2,1H3/t16-/m1/s1. The van der Waals surface area contributed by atoms with Gasteiger partial charge in [-0.25, -0.2) is 0 Å². The third-order valence-corrected chi connectivity index (χ3v) is 5.44. The molecular weight excluding hydrogens is 384 g/mol. The van der Waals surface area contributed by atoms with Crippen molar-refractivity contribution in [3.63, 3.8) is 0 Å². The summed E-state index contributed by atoms with van der Waals surface area (Å²) >= 11 is 0. The number of ether oxygens (including phenoxy) is 1. The highest BCUT2D eigenvalue weighted by Gasteiger charge is 2.37. The number of carbonyl (C=O) groups is 4. The van der Waals surface area contributed by atoms with Gasteiger partial charge in [0.1, 0.15) is 5.75 Å². The molecule has 2 saturated heterocycles. The van der Waals surface area contributed by atoms with E-state index in [9.17, 15) is 19.2 Å². The lowest BCUT2D eigenvalue weighted by molar-refractivity contribution is -0.139. The number of hydrogen-bond donors (Lipinski definition) is 0. The molecule has 0 spiro atoms. The number of amides is 3. The van der Waals surface area contributed by atoms with Crippen molar-refractivity contribution in [2.75, 3.05) is 16.3 Å². The molecule has 2 aromatic carbocycles. The van der Waals surface area contributed by atoms with E-state index in [1.807, 2.05) is 31.2 Å². The van der Waals surface area contributed by atoms with Crippen LogP contribution < -0.4 is 14.5 Å². The predicted octanol–water partition coefficient (Wildman–Crippen LogP) is 3.00. The second-order valence-corrected chi connectivity index (χ2v) is 7.59. The van der Waals surface area contributed by atoms with Gasteiger partial charge in [0, 0.05) is 37.6 Å². The van der Waals surface area contributed by atoms with Crippen molar-refractivity contribution < 1.29 is 23.9 Å². The first-order chi connectivity index (χ1) is 14.4. The molecule has 1 atom stereocenters. The summed E-state index contributed by atoms with van der Waals surface area (Å²) in [5.74, 6) is -1.49. The number of esters is 1. The summed E-state index contributed by atoms with van der Waals surface area (Å²) in [7, 11) is 0. The molecule has 2 aliphatic rings. The molecule has 0 bridgehead atoms. The minimum atomic E-state index is -0.584. The van der Waals surface area contributed by atoms with Gasteiger partial charge in [0.05, 0.1) is 11.6 Å². The molecule has 2 heterocycles. The van der Waals surface area contributed by atoms with Crippen LogP contribution in [0.25, 0.3) is 0 Å². The molecule has 4 rings (SSSR count). The number of rotatable bonds is 4. The number of hydrogen-bond acceptors (Lipinski definition) is 5. The SMILES string of the molecule is Cc1ccccc1N1C[C@H](C(=O)Oc2cccc(N3C(=O)CCCC3=O)c2)CC1=O. The predicted molar refractivity (Wildman–Crippen MR) is 110 cm³/mol. The Morgan fingerprint density at radius 2 is 1.70 bits per heavy atom. The van der Waals surface area contributed by atoms with Gasteiger partial charge in [0.15, 0.2) is 0 Å². The number of anilines is 2. The Bertz CT molecular complexity index is 1020. The minimum Gasteiger partial charge on any atom is -0.426 e. The van der Waals surface area contributed by atoms with Crippen molar-refractivity contribution in [2.24, 2.45) is 5.92 Å². The number of aryl methyl sites for hydroxylation is 1. The summed E-state index contributed by atoms with van der Waals surface area (Å²) in [4.78, 5) is 52.2. The van der Waals surface area contributed by atoms with Gasteiger partial charge in [-0.05, 0) is 37.1 Å². The number of nitrogens with zero attached hydrogens (tertiary/aromatic N) is 2. The van der Waals surface area contributed by atoms with Crippen molar-refractivity contribution in [1.82, 2.24) is 0 Å². The van der Waals surface area contributed by atoms with Gasteiger partial charge in [-0.2, -0.15) is 0 Å². The van der Waals surface area contributed by atoms with Gasteiger partial charge in [-0.15, -0.1) is 0 Å². The molecule has 3 amide bonds. The van der Waals surface area contributed by atoms with E-state index in [0.29, 0.717) is 24.9 Å². The first kappa shape index (κ1) is 19.8. The Hall–Kier alpha value is -3.48. The Labute approximate surface area is 174 Å². The summed E-state index contributed by atoms with van der Waals surface area (Å²) < 4.78 is 5.50. The molecule has 0 radical (unpaired) electrons. The van der Waals surface area contributed by atoms with Crippen molar-refractivity contribution in [1.29, 1.82) is 0 Å². The monoisotopic (exact) mass is 406 g/mol. The van der Waals surface area contributed by atoms with E-state index in [2.05, 4.69) is 0 Å². The maximum absolute atomic E-state index is 12.7. The maximum Gasteiger partial charge on any atom is 0.316 e. The highest BCUT2D eigenvalue weighted by atomic mass is 16.5. The smallest absolute Gasteiger partial charge is 0.316 e. The van der Waals surface area contributed by atoms with Gasteiger partial charge in [-0.1, -0.05) is 24.3 Å². The summed E-state index contributed by atoms with van der Waals surface area (Å²) in [6.07, 6.45) is 1.26. The second-order valence-electron chi connectivity index (χ2n) is 7.59. The molecule has 7 nitrogen and oxygen atoms in total. The normalized spacial score (nSPS) is 19.4. The molecule has 0 N–H and O–H groups in total. The second kappa shape index (κ2) is 8.10. The summed E-state index contributed by atoms with van der Waals surface area (Å²) in [5, 5.41) is 0. The van der Waals surface area contributed by atoms with Crippen LogP contribution >= 0.6 is 0 Å². The zero-order chi connectivity index (χ0) is 21.3. The van der Waals surface area contributed by atoms with E-state index < -0.39 is 11.9 Å². The van der Waals surface area contributed by atoms with E-state index in [1.54, 1.807) is 23.1 Å². The zero-order valence-corrected chi connectivity index (χ0v) is 16.7. The van der Waals surface area contributed by atoms with Crippen molar-refractivity contribution in [2.45, 2.75) is 32.6 Å². The van der Waals surface area contributed by atoms with E-state index in [1.165, 1.54) is 6.07 Å². The number of imide groups is 1. The molecule has 30 heavy (non-hydrogen) atoms. The van der Waals surface area contributed by atoms with Crippen LogP contribution in [0.2, 0.25) is 0 Å². The van der Waals surface area contributed by atoms with E-state index in [-0.39, 0.29) is 36.4 Å². The fraction of sp³-hybridized carbons (Fsp3) is 0.304. The number of benzene rings is 2. The maximum atomic E-state index is 12.7. The van der Waals surface area contributed by atoms with Crippen LogP contribution in [-0.4, -0.2) is 30.2 Å². The fourth-order valence-electron chi connectivity index (χ4n) is 3.89. The van der Waals surface area contributed by atoms with Crippen LogP contribution in [0, 0.1) is 12.8 Å². The van der Waals surface area contributed by atoms with Gasteiger partial charge in [-0.3, -0.25) is 24.1 Å². The van der Waals surface area contributed by atoms with Crippen molar-refractivity contribution >= 4 is 35.1 Å². The molecule has 0 aromatic heterocycles. The molecule has 2 aliphatic heterocycles. The molecule has 0 unspecified atom stereocenters. The summed E-state index contributed by atoms with van der Waals surface area (Å²) in [6.45, 7) is 2.17. The quantitative estimate of drug-likeness (QED) is 0.443. The Morgan fingerprint density at radius 3 is 2.43 bits per heavy atom. The van der Waals surface area contributed by atoms with E-state index in [4.69, 9.17) is 4.74 Å². The van der Waals surface area contributed by atoms with Crippen LogP contribution in [0.5, 0.6) is 5.75 Å². The number of carbonyl (C=O) groups excluding carboxylic acids is 4. The highest BCUT2D eigenvalue weighted by Crippen LogP contribution is 2.30. The van der Waals surface area contributed by atoms with Gasteiger partial charge >= 0.3 is 5.97 Å². The highest BCUT2D eigenvalue weighted by molar-refractivity contribution is 6.16. The van der Waals surface area contributed by atoms with Crippen molar-refractivity contribution in [3.8, 4) is 5.75 Å². The molecule has 0 aliphatic carbocycles. The molecule has 2 fully saturated rings. The Kier molecular flexibility index (Phi) is 5.35. The lowest BCUT2D eigenvalue weighted by Gasteiger charge is -2.25. The molecule has 154 valence electrons. The third-order valence-electron chi connectivity index (χ3n) is 5.44. The van der Waals surface area contributed by atoms with Gasteiger partial charge in [0.2, 0.25) is 17.7 Å². The molecule has 2 aromatic rings. The first-order valence-corrected chi connectivity index (χ1v) is 9.97. The van der Waals surface area contributed by atoms with Crippen LogP contribution in [0.3, 0.4) is 0 Å². The fourth-order valence-corrected chi connectivity index (χ4v) is 3.89. The first-order valence-electron chi connectivity index (χ1n) is 9.97. The lowest BCUT2D eigenvalue weighted by Crippen LogP contribution is -2.40. The molecule has 0 saturated carbocycles. The largest absolute Gasteiger partial charge is 0.426 e. The summed E-state index contributed by atoms with van der Waals surface area (Å²) in [6, 6.07) is 13.9. The van der Waals surface area contributed by atoms with Crippen LogP contribution in [-0.2, 0) is 19.2 Å². The third kappa shape index (κ3) is 3.83. The van der Waals surface area contributed by atoms with Gasteiger partial charge < -0.3 is 9.64 Å². The van der Waals surface area contributed by atoms with E-state index >= 15 is 0 Å². The summed E-state index contributed by atoms with van der Waals surface area (Å²) in [5.41, 5.74) is 2.14.